The molecule has 2 aromatic rings. The van der Waals surface area contributed by atoms with Crippen molar-refractivity contribution in [2.24, 2.45) is 0 Å². The Hall–Kier alpha value is 1.61. The number of nitrogens with zero attached hydrogens (tertiary/aromatic N) is 1. The van der Waals surface area contributed by atoms with Crippen LogP contribution in [0.25, 0.3) is 0 Å². The number of aliphatic hydroxyl groups is 1. The number of hydrogen-bond donors (Lipinski definition) is 2. The number of amides is 1. The minimum Gasteiger partial charge on any atom is -0.870 e. The van der Waals surface area contributed by atoms with Crippen LogP contribution in [0.1, 0.15) is 0 Å². The quantitative estimate of drug-likeness (QED) is 0.207. The van der Waals surface area contributed by atoms with E-state index in [0.29, 0.717) is 19.7 Å². The average molecular weight is 899 g/mol. The molecule has 1 aliphatic rings. The zero-order valence-corrected chi connectivity index (χ0v) is 29.8. The van der Waals surface area contributed by atoms with Gasteiger partial charge in [-0.05, 0) is 35.9 Å². The van der Waals surface area contributed by atoms with Gasteiger partial charge in [0.1, 0.15) is 6.61 Å². The summed E-state index contributed by atoms with van der Waals surface area (Å²) in [5, 5.41) is 11.0. The Kier molecular flexibility index (Phi) is 32.6. The molecule has 1 amide bonds. The number of aliphatic hydroxyl groups excluding tert-OH is 1. The van der Waals surface area contributed by atoms with Gasteiger partial charge >= 0.3 is 94.4 Å². The van der Waals surface area contributed by atoms with Gasteiger partial charge in [0.25, 0.3) is 5.91 Å². The van der Waals surface area contributed by atoms with Gasteiger partial charge < -0.3 is 25.5 Å². The summed E-state index contributed by atoms with van der Waals surface area (Å²) in [7, 11) is 0. The van der Waals surface area contributed by atoms with Gasteiger partial charge in [-0.15, -0.1) is 11.6 Å². The maximum absolute atomic E-state index is 11.4. The predicted octanol–water partition coefficient (Wildman–Crippen LogP) is 2.61. The van der Waals surface area contributed by atoms with Crippen LogP contribution in [0.15, 0.2) is 60.7 Å². The van der Waals surface area contributed by atoms with Gasteiger partial charge in [0, 0.05) is 24.5 Å². The Morgan fingerprint density at radius 1 is 1.09 bits per heavy atom. The minimum atomic E-state index is -0.508. The molecule has 0 bridgehead atoms. The molecule has 1 saturated heterocycles. The number of ether oxygens (including phenoxy) is 1. The van der Waals surface area contributed by atoms with Crippen molar-refractivity contribution in [2.45, 2.75) is 0 Å². The van der Waals surface area contributed by atoms with Crippen LogP contribution in [0, 0.1) is 0 Å². The Labute approximate surface area is 270 Å². The van der Waals surface area contributed by atoms with E-state index >= 15 is 0 Å². The number of nitrogens with one attached hydrogen (secondary N) is 1. The smallest absolute Gasteiger partial charge is 0.870 e. The molecular weight excluding hydrogens is 874 g/mol. The summed E-state index contributed by atoms with van der Waals surface area (Å²) in [5.41, 5.74) is 2.01. The van der Waals surface area contributed by atoms with E-state index in [9.17, 15) is 9.59 Å². The molecule has 186 valence electrons. The van der Waals surface area contributed by atoms with Gasteiger partial charge in [-0.3, -0.25) is 9.59 Å². The van der Waals surface area contributed by atoms with Gasteiger partial charge in [-0.25, -0.2) is 0 Å². The summed E-state index contributed by atoms with van der Waals surface area (Å²) in [6.45, 7) is 2.28. The first kappa shape index (κ1) is 40.1. The number of carbonyl (C=O) groups excluding carboxylic acids is 2. The second kappa shape index (κ2) is 27.6. The van der Waals surface area contributed by atoms with Crippen molar-refractivity contribution >= 4 is 106 Å². The Morgan fingerprint density at radius 3 is 1.97 bits per heavy atom. The fourth-order valence-electron chi connectivity index (χ4n) is 2.16. The molecular formula is C20H25Cl2I3N2NaO5V. The molecule has 0 radical (unpaired) electrons. The van der Waals surface area contributed by atoms with Crippen LogP contribution in [-0.4, -0.2) is 60.5 Å². The molecule has 1 aliphatic heterocycles. The monoisotopic (exact) mass is 898 g/mol. The number of hydrogen-bond acceptors (Lipinski definition) is 6. The number of rotatable bonds is 5. The Balaban J connectivity index is -0.000000410. The summed E-state index contributed by atoms with van der Waals surface area (Å²) >= 11 is 16.9. The van der Waals surface area contributed by atoms with Crippen LogP contribution in [0.4, 0.5) is 11.4 Å². The first-order valence-corrected chi connectivity index (χ1v) is 23.6. The molecule has 7 nitrogen and oxygen atoms in total. The molecule has 14 heteroatoms. The number of morpholine rings is 1. The third kappa shape index (κ3) is 24.0. The summed E-state index contributed by atoms with van der Waals surface area (Å²) in [5.74, 6) is -0.0564. The number of carbonyl (C=O) groups is 2. The first-order valence-electron chi connectivity index (χ1n) is 9.16. The molecule has 3 rings (SSSR count). The van der Waals surface area contributed by atoms with E-state index in [1.807, 2.05) is 60.7 Å². The molecule has 34 heavy (non-hydrogen) atoms. The molecule has 3 N–H and O–H groups in total. The SMILES string of the molecule is O=C(Cl)CCl.O=C1COCCN1c1ccccc1.OCCNc1ccccc1.[I][V]([I])[I].[Na+].[OH-]. The summed E-state index contributed by atoms with van der Waals surface area (Å²) in [6.07, 6.45) is 0. The first-order chi connectivity index (χ1) is 15.3. The van der Waals surface area contributed by atoms with Gasteiger partial charge in [-0.2, -0.15) is 0 Å². The van der Waals surface area contributed by atoms with Crippen LogP contribution in [0.2, 0.25) is 0 Å². The molecule has 1 heterocycles. The maximum Gasteiger partial charge on any atom is 1.00 e. The van der Waals surface area contributed by atoms with E-state index < -0.39 is 5.24 Å². The maximum atomic E-state index is 11.4. The van der Waals surface area contributed by atoms with E-state index in [4.69, 9.17) is 33.0 Å². The average Bonchev–Trinajstić information content (AvgIpc) is 2.80. The van der Waals surface area contributed by atoms with Gasteiger partial charge in [0.2, 0.25) is 5.24 Å². The van der Waals surface area contributed by atoms with Crippen LogP contribution >= 0.6 is 83.1 Å². The number of alkyl halides is 1. The fraction of sp³-hybridized carbons (Fsp3) is 0.300. The van der Waals surface area contributed by atoms with E-state index in [2.05, 4.69) is 65.3 Å². The summed E-state index contributed by atoms with van der Waals surface area (Å²) < 4.78 is 5.04. The summed E-state index contributed by atoms with van der Waals surface area (Å²) in [4.78, 5) is 22.3. The van der Waals surface area contributed by atoms with Gasteiger partial charge in [0.05, 0.1) is 19.1 Å². The van der Waals surface area contributed by atoms with Crippen molar-refractivity contribution in [3.63, 3.8) is 0 Å². The summed E-state index contributed by atoms with van der Waals surface area (Å²) in [6, 6.07) is 19.5. The third-order valence-corrected chi connectivity index (χ3v) is 3.89. The normalized spacial score (nSPS) is 11.6. The van der Waals surface area contributed by atoms with Crippen LogP contribution < -0.4 is 39.8 Å². The largest absolute Gasteiger partial charge is 1.00 e. The molecule has 0 saturated carbocycles. The number of benzene rings is 2. The molecule has 1 fully saturated rings. The Morgan fingerprint density at radius 2 is 1.56 bits per heavy atom. The van der Waals surface area contributed by atoms with Crippen molar-refractivity contribution in [3.05, 3.63) is 60.7 Å². The molecule has 2 aromatic carbocycles. The van der Waals surface area contributed by atoms with E-state index in [1.165, 1.54) is 0 Å². The van der Waals surface area contributed by atoms with Crippen LogP contribution in [0.3, 0.4) is 0 Å². The van der Waals surface area contributed by atoms with Crippen molar-refractivity contribution in [3.8, 4) is 0 Å². The molecule has 0 aromatic heterocycles. The van der Waals surface area contributed by atoms with E-state index in [1.54, 1.807) is 4.90 Å². The van der Waals surface area contributed by atoms with E-state index in [-0.39, 0.29) is 65.0 Å². The Bertz CT molecular complexity index is 757. The zero-order chi connectivity index (χ0) is 24.2. The minimum absolute atomic E-state index is 0. The van der Waals surface area contributed by atoms with Crippen molar-refractivity contribution in [1.82, 2.24) is 0 Å². The topological polar surface area (TPSA) is 109 Å². The van der Waals surface area contributed by atoms with Crippen molar-refractivity contribution < 1.29 is 59.4 Å². The predicted molar refractivity (Wildman–Crippen MR) is 157 cm³/mol. The van der Waals surface area contributed by atoms with E-state index in [0.717, 1.165) is 11.4 Å². The molecule has 0 aliphatic carbocycles. The second-order valence-corrected chi connectivity index (χ2v) is 41.7. The molecule has 0 unspecified atom stereocenters. The third-order valence-electron chi connectivity index (χ3n) is 3.37. The van der Waals surface area contributed by atoms with Crippen LogP contribution in [0.5, 0.6) is 0 Å². The standard InChI is InChI=1S/C10H11NO2.C8H11NO.C2H2Cl2O.3HI.Na.H2O.V/c12-10-8-13-7-6-11(10)9-4-2-1-3-5-9;10-7-6-9-8-4-2-1-3-5-8;3-1-2(4)5;;;;;;/h1-5H,6-8H2;1-5,9-10H,6-7H2;1H2;3*1H;;1H2;/q;;;;;;+1;;+3/p-4. The van der Waals surface area contributed by atoms with Crippen molar-refractivity contribution in [1.29, 1.82) is 0 Å². The fourth-order valence-corrected chi connectivity index (χ4v) is 2.16. The van der Waals surface area contributed by atoms with Gasteiger partial charge in [0.15, 0.2) is 0 Å². The zero-order valence-electron chi connectivity index (χ0n) is 18.4. The number of anilines is 2. The van der Waals surface area contributed by atoms with Gasteiger partial charge in [-0.1, -0.05) is 36.4 Å². The second-order valence-electron chi connectivity index (χ2n) is 5.63. The number of para-hydroxylation sites is 2. The van der Waals surface area contributed by atoms with Crippen LogP contribution in [-0.2, 0) is 19.2 Å². The molecule has 0 spiro atoms. The number of halogens is 5. The molecule has 0 atom stereocenters. The van der Waals surface area contributed by atoms with Crippen molar-refractivity contribution in [2.75, 3.05) is 49.0 Å².